The molecule has 2 aromatic rings. The zero-order chi connectivity index (χ0) is 14.0. The average molecular weight is 328 g/mol. The van der Waals surface area contributed by atoms with Gasteiger partial charge in [0, 0.05) is 4.47 Å². The van der Waals surface area contributed by atoms with E-state index in [1.807, 2.05) is 6.92 Å². The Hall–Kier alpha value is -1.62. The van der Waals surface area contributed by atoms with Crippen LogP contribution in [0.2, 0.25) is 0 Å². The van der Waals surface area contributed by atoms with Gasteiger partial charge in [-0.25, -0.2) is 8.78 Å². The first-order valence-corrected chi connectivity index (χ1v) is 6.39. The van der Waals surface area contributed by atoms with Crippen LogP contribution in [0, 0.1) is 6.92 Å². The molecule has 0 aromatic heterocycles. The fourth-order valence-electron chi connectivity index (χ4n) is 1.68. The molecule has 0 spiro atoms. The highest BCUT2D eigenvalue weighted by Crippen LogP contribution is 2.39. The number of para-hydroxylation sites is 1. The highest BCUT2D eigenvalue weighted by molar-refractivity contribution is 9.10. The minimum Gasteiger partial charge on any atom is -0.454 e. The van der Waals surface area contributed by atoms with Crippen molar-refractivity contribution in [2.24, 2.45) is 0 Å². The maximum absolute atomic E-state index is 12.9. The number of alkyl halides is 2. The Morgan fingerprint density at radius 3 is 2.53 bits per heavy atom. The van der Waals surface area contributed by atoms with Crippen LogP contribution in [0.3, 0.4) is 0 Å². The van der Waals surface area contributed by atoms with Gasteiger partial charge in [-0.05, 0) is 46.6 Å². The number of anilines is 1. The second-order valence-corrected chi connectivity index (χ2v) is 4.90. The molecule has 2 aromatic carbocycles. The second kappa shape index (κ2) is 5.57. The van der Waals surface area contributed by atoms with Gasteiger partial charge in [0.2, 0.25) is 0 Å². The summed E-state index contributed by atoms with van der Waals surface area (Å²) in [7, 11) is 0. The molecule has 2 N–H and O–H groups in total. The van der Waals surface area contributed by atoms with Gasteiger partial charge in [0.05, 0.1) is 11.3 Å². The maximum Gasteiger partial charge on any atom is 0.267 e. The number of halogens is 3. The molecule has 100 valence electrons. The third kappa shape index (κ3) is 2.87. The van der Waals surface area contributed by atoms with E-state index in [0.29, 0.717) is 15.9 Å². The molecule has 2 nitrogen and oxygen atoms in total. The van der Waals surface area contributed by atoms with Gasteiger partial charge in [0.1, 0.15) is 5.75 Å². The Kier molecular flexibility index (Phi) is 4.04. The van der Waals surface area contributed by atoms with E-state index in [1.165, 1.54) is 12.1 Å². The van der Waals surface area contributed by atoms with Crippen molar-refractivity contribution < 1.29 is 13.5 Å². The van der Waals surface area contributed by atoms with Crippen molar-refractivity contribution in [1.82, 2.24) is 0 Å². The SMILES string of the molecule is Cc1ccc(Br)c(N)c1Oc1ccccc1C(F)F. The number of hydrogen-bond donors (Lipinski definition) is 1. The zero-order valence-electron chi connectivity index (χ0n) is 10.2. The van der Waals surface area contributed by atoms with E-state index < -0.39 is 6.43 Å². The number of hydrogen-bond acceptors (Lipinski definition) is 2. The van der Waals surface area contributed by atoms with Gasteiger partial charge in [-0.3, -0.25) is 0 Å². The second-order valence-electron chi connectivity index (χ2n) is 4.05. The lowest BCUT2D eigenvalue weighted by molar-refractivity contribution is 0.148. The van der Waals surface area contributed by atoms with Crippen LogP contribution in [-0.4, -0.2) is 0 Å². The minimum atomic E-state index is -2.59. The molecule has 0 unspecified atom stereocenters. The lowest BCUT2D eigenvalue weighted by atomic mass is 10.2. The molecule has 0 heterocycles. The predicted molar refractivity (Wildman–Crippen MR) is 74.8 cm³/mol. The minimum absolute atomic E-state index is 0.116. The molecular weight excluding hydrogens is 316 g/mol. The van der Waals surface area contributed by atoms with Gasteiger partial charge in [0.15, 0.2) is 5.75 Å². The predicted octanol–water partition coefficient (Wildman–Crippen LogP) is 5.07. The molecule has 0 fully saturated rings. The van der Waals surface area contributed by atoms with Gasteiger partial charge >= 0.3 is 0 Å². The third-order valence-corrected chi connectivity index (χ3v) is 3.40. The quantitative estimate of drug-likeness (QED) is 0.799. The Bertz CT molecular complexity index is 602. The fourth-order valence-corrected chi connectivity index (χ4v) is 2.00. The first kappa shape index (κ1) is 13.8. The lowest BCUT2D eigenvalue weighted by Crippen LogP contribution is -1.98. The summed E-state index contributed by atoms with van der Waals surface area (Å²) in [5, 5.41) is 0. The smallest absolute Gasteiger partial charge is 0.267 e. The largest absolute Gasteiger partial charge is 0.454 e. The molecular formula is C14H12BrF2NO. The van der Waals surface area contributed by atoms with Crippen LogP contribution in [0.4, 0.5) is 14.5 Å². The van der Waals surface area contributed by atoms with Crippen molar-refractivity contribution in [2.45, 2.75) is 13.3 Å². The number of nitrogen functional groups attached to an aromatic ring is 1. The van der Waals surface area contributed by atoms with Gasteiger partial charge in [-0.2, -0.15) is 0 Å². The van der Waals surface area contributed by atoms with Gasteiger partial charge in [-0.15, -0.1) is 0 Å². The summed E-state index contributed by atoms with van der Waals surface area (Å²) in [5.74, 6) is 0.507. The summed E-state index contributed by atoms with van der Waals surface area (Å²) in [5.41, 5.74) is 6.92. The standard InChI is InChI=1S/C14H12BrF2NO/c1-8-6-7-10(15)12(18)13(8)19-11-5-3-2-4-9(11)14(16)17/h2-7,14H,18H2,1H3. The number of benzene rings is 2. The highest BCUT2D eigenvalue weighted by Gasteiger charge is 2.16. The average Bonchev–Trinajstić information content (AvgIpc) is 2.39. The number of nitrogens with two attached hydrogens (primary N) is 1. The van der Waals surface area contributed by atoms with Crippen molar-refractivity contribution in [3.63, 3.8) is 0 Å². The molecule has 0 radical (unpaired) electrons. The molecule has 2 rings (SSSR count). The van der Waals surface area contributed by atoms with Gasteiger partial charge in [0.25, 0.3) is 6.43 Å². The van der Waals surface area contributed by atoms with Gasteiger partial charge < -0.3 is 10.5 Å². The molecule has 0 aliphatic carbocycles. The van der Waals surface area contributed by atoms with Crippen molar-refractivity contribution >= 4 is 21.6 Å². The monoisotopic (exact) mass is 327 g/mol. The van der Waals surface area contributed by atoms with Crippen molar-refractivity contribution in [3.8, 4) is 11.5 Å². The van der Waals surface area contributed by atoms with Crippen LogP contribution in [0.25, 0.3) is 0 Å². The van der Waals surface area contributed by atoms with E-state index in [1.54, 1.807) is 24.3 Å². The molecule has 5 heteroatoms. The summed E-state index contributed by atoms with van der Waals surface area (Å²) in [6.07, 6.45) is -2.59. The third-order valence-electron chi connectivity index (χ3n) is 2.71. The van der Waals surface area contributed by atoms with Crippen LogP contribution in [0.1, 0.15) is 17.6 Å². The Morgan fingerprint density at radius 1 is 1.16 bits per heavy atom. The molecule has 0 atom stereocenters. The van der Waals surface area contributed by atoms with E-state index in [-0.39, 0.29) is 11.3 Å². The van der Waals surface area contributed by atoms with E-state index in [4.69, 9.17) is 10.5 Å². The molecule has 19 heavy (non-hydrogen) atoms. The topological polar surface area (TPSA) is 35.2 Å². The van der Waals surface area contributed by atoms with E-state index >= 15 is 0 Å². The van der Waals surface area contributed by atoms with E-state index in [2.05, 4.69) is 15.9 Å². The van der Waals surface area contributed by atoms with Crippen LogP contribution in [0.5, 0.6) is 11.5 Å². The lowest BCUT2D eigenvalue weighted by Gasteiger charge is -2.15. The van der Waals surface area contributed by atoms with Crippen LogP contribution in [-0.2, 0) is 0 Å². The van der Waals surface area contributed by atoms with Crippen molar-refractivity contribution in [3.05, 3.63) is 52.0 Å². The summed E-state index contributed by atoms with van der Waals surface area (Å²) in [6.45, 7) is 1.81. The van der Waals surface area contributed by atoms with Crippen LogP contribution in [0.15, 0.2) is 40.9 Å². The van der Waals surface area contributed by atoms with Gasteiger partial charge in [-0.1, -0.05) is 18.2 Å². The number of ether oxygens (including phenoxy) is 1. The zero-order valence-corrected chi connectivity index (χ0v) is 11.7. The summed E-state index contributed by atoms with van der Waals surface area (Å²) < 4.78 is 32.0. The molecule has 0 saturated heterocycles. The molecule has 0 saturated carbocycles. The number of rotatable bonds is 3. The van der Waals surface area contributed by atoms with Crippen LogP contribution >= 0.6 is 15.9 Å². The number of aryl methyl sites for hydroxylation is 1. The normalized spacial score (nSPS) is 10.8. The Labute approximate surface area is 118 Å². The summed E-state index contributed by atoms with van der Waals surface area (Å²) in [6, 6.07) is 9.62. The highest BCUT2D eigenvalue weighted by atomic mass is 79.9. The Balaban J connectivity index is 2.45. The molecule has 0 bridgehead atoms. The fraction of sp³-hybridized carbons (Fsp3) is 0.143. The summed E-state index contributed by atoms with van der Waals surface area (Å²) in [4.78, 5) is 0. The van der Waals surface area contributed by atoms with Crippen molar-refractivity contribution in [1.29, 1.82) is 0 Å². The van der Waals surface area contributed by atoms with Crippen molar-refractivity contribution in [2.75, 3.05) is 5.73 Å². The Morgan fingerprint density at radius 2 is 1.84 bits per heavy atom. The first-order valence-electron chi connectivity index (χ1n) is 5.60. The molecule has 0 aliphatic heterocycles. The molecule has 0 aliphatic rings. The molecule has 0 amide bonds. The maximum atomic E-state index is 12.9. The van der Waals surface area contributed by atoms with Crippen LogP contribution < -0.4 is 10.5 Å². The van der Waals surface area contributed by atoms with E-state index in [9.17, 15) is 8.78 Å². The van der Waals surface area contributed by atoms with E-state index in [0.717, 1.165) is 5.56 Å². The summed E-state index contributed by atoms with van der Waals surface area (Å²) >= 11 is 3.29. The first-order chi connectivity index (χ1) is 9.00.